The molecule has 1 atom stereocenters. The summed E-state index contributed by atoms with van der Waals surface area (Å²) in [7, 11) is 0. The van der Waals surface area contributed by atoms with Crippen molar-refractivity contribution in [2.75, 3.05) is 29.9 Å². The highest BCUT2D eigenvalue weighted by atomic mass is 35.5. The Bertz CT molecular complexity index is 1580. The zero-order valence-electron chi connectivity index (χ0n) is 20.3. The van der Waals surface area contributed by atoms with Gasteiger partial charge in [-0.25, -0.2) is 23.9 Å². The Morgan fingerprint density at radius 3 is 2.81 bits per heavy atom. The standard InChI is InChI=1S/C26H25FN8O.ClH/c1-16-11-18(3-6-22(16)36-19-7-9-35-23(12-19)30-15-32-35)33-26-24-20(29-14-31-26)4-5-21(25(24)27)34-10-8-28-17(2)13-34;/h3-7,9,11-12,14-15,17,28H,8,10,13H2,1-2H3,(H,29,31,33);1H/t17-;/m1./s1. The monoisotopic (exact) mass is 520 g/mol. The molecule has 2 aromatic carbocycles. The number of benzene rings is 2. The molecule has 0 unspecified atom stereocenters. The van der Waals surface area contributed by atoms with Gasteiger partial charge in [-0.15, -0.1) is 12.4 Å². The molecule has 1 aliphatic rings. The predicted octanol–water partition coefficient (Wildman–Crippen LogP) is 4.88. The van der Waals surface area contributed by atoms with Gasteiger partial charge in [-0.05, 0) is 55.8 Å². The lowest BCUT2D eigenvalue weighted by molar-refractivity contribution is 0.478. The van der Waals surface area contributed by atoms with Crippen molar-refractivity contribution in [2.45, 2.75) is 19.9 Å². The normalized spacial score (nSPS) is 15.5. The zero-order valence-corrected chi connectivity index (χ0v) is 21.2. The highest BCUT2D eigenvalue weighted by Gasteiger charge is 2.22. The van der Waals surface area contributed by atoms with Crippen LogP contribution in [0, 0.1) is 12.7 Å². The number of anilines is 3. The first-order valence-electron chi connectivity index (χ1n) is 11.8. The van der Waals surface area contributed by atoms with Crippen LogP contribution in [0.5, 0.6) is 11.5 Å². The molecule has 9 nitrogen and oxygen atoms in total. The molecule has 1 saturated heterocycles. The third-order valence-electron chi connectivity index (χ3n) is 6.35. The van der Waals surface area contributed by atoms with Crippen LogP contribution in [0.3, 0.4) is 0 Å². The first-order valence-corrected chi connectivity index (χ1v) is 11.8. The van der Waals surface area contributed by atoms with Crippen LogP contribution in [-0.2, 0) is 0 Å². The number of piperazine rings is 1. The van der Waals surface area contributed by atoms with Gasteiger partial charge in [0.05, 0.1) is 16.6 Å². The molecule has 190 valence electrons. The summed E-state index contributed by atoms with van der Waals surface area (Å²) in [5.74, 6) is 1.48. The van der Waals surface area contributed by atoms with Gasteiger partial charge in [0.1, 0.15) is 30.0 Å². The minimum Gasteiger partial charge on any atom is -0.457 e. The van der Waals surface area contributed by atoms with E-state index >= 15 is 4.39 Å². The number of fused-ring (bicyclic) bond motifs is 2. The molecular weight excluding hydrogens is 495 g/mol. The number of nitrogens with zero attached hydrogens (tertiary/aromatic N) is 6. The molecule has 37 heavy (non-hydrogen) atoms. The molecule has 6 rings (SSSR count). The average Bonchev–Trinajstić information content (AvgIpc) is 3.34. The number of aryl methyl sites for hydroxylation is 1. The fraction of sp³-hybridized carbons (Fsp3) is 0.231. The summed E-state index contributed by atoms with van der Waals surface area (Å²) >= 11 is 0. The molecule has 3 aromatic heterocycles. The second-order valence-electron chi connectivity index (χ2n) is 8.95. The van der Waals surface area contributed by atoms with Crippen LogP contribution in [0.25, 0.3) is 16.6 Å². The predicted molar refractivity (Wildman–Crippen MR) is 144 cm³/mol. The van der Waals surface area contributed by atoms with E-state index in [1.165, 1.54) is 12.7 Å². The van der Waals surface area contributed by atoms with E-state index < -0.39 is 0 Å². The van der Waals surface area contributed by atoms with E-state index in [2.05, 4.69) is 42.5 Å². The molecule has 1 fully saturated rings. The Balaban J connectivity index is 0.00000280. The summed E-state index contributed by atoms with van der Waals surface area (Å²) in [5.41, 5.74) is 3.51. The highest BCUT2D eigenvalue weighted by molar-refractivity contribution is 5.94. The third-order valence-corrected chi connectivity index (χ3v) is 6.35. The van der Waals surface area contributed by atoms with Crippen molar-refractivity contribution in [1.29, 1.82) is 0 Å². The van der Waals surface area contributed by atoms with Crippen molar-refractivity contribution >= 4 is 46.1 Å². The summed E-state index contributed by atoms with van der Waals surface area (Å²) < 4.78 is 23.5. The first-order chi connectivity index (χ1) is 17.5. The lowest BCUT2D eigenvalue weighted by Crippen LogP contribution is -2.49. The molecule has 0 spiro atoms. The first kappa shape index (κ1) is 24.7. The number of hydrogen-bond acceptors (Lipinski definition) is 8. The SMILES string of the molecule is Cc1cc(Nc2ncnc3ccc(N4CCN[C@H](C)C4)c(F)c23)ccc1Oc1ccn2ncnc2c1.Cl. The topological polar surface area (TPSA) is 92.5 Å². The van der Waals surface area contributed by atoms with Crippen molar-refractivity contribution in [3.8, 4) is 11.5 Å². The highest BCUT2D eigenvalue weighted by Crippen LogP contribution is 2.34. The molecule has 4 heterocycles. The van der Waals surface area contributed by atoms with Gasteiger partial charge in [0.25, 0.3) is 0 Å². The molecule has 0 bridgehead atoms. The van der Waals surface area contributed by atoms with Crippen LogP contribution in [0.4, 0.5) is 21.6 Å². The van der Waals surface area contributed by atoms with Gasteiger partial charge in [0.15, 0.2) is 11.5 Å². The summed E-state index contributed by atoms with van der Waals surface area (Å²) in [4.78, 5) is 14.9. The van der Waals surface area contributed by atoms with E-state index in [0.29, 0.717) is 45.6 Å². The van der Waals surface area contributed by atoms with E-state index in [0.717, 1.165) is 30.9 Å². The maximum absolute atomic E-state index is 15.8. The van der Waals surface area contributed by atoms with Crippen LogP contribution < -0.4 is 20.3 Å². The fourth-order valence-corrected chi connectivity index (χ4v) is 4.56. The van der Waals surface area contributed by atoms with Crippen molar-refractivity contribution in [2.24, 2.45) is 0 Å². The van der Waals surface area contributed by atoms with Crippen molar-refractivity contribution < 1.29 is 9.13 Å². The number of halogens is 2. The number of rotatable bonds is 5. The van der Waals surface area contributed by atoms with Gasteiger partial charge in [-0.1, -0.05) is 0 Å². The maximum Gasteiger partial charge on any atom is 0.159 e. The largest absolute Gasteiger partial charge is 0.457 e. The second kappa shape index (κ2) is 10.2. The molecule has 0 radical (unpaired) electrons. The second-order valence-corrected chi connectivity index (χ2v) is 8.95. The number of ether oxygens (including phenoxy) is 1. The van der Waals surface area contributed by atoms with Gasteiger partial charge in [-0.2, -0.15) is 5.10 Å². The van der Waals surface area contributed by atoms with E-state index in [1.54, 1.807) is 16.8 Å². The summed E-state index contributed by atoms with van der Waals surface area (Å²) in [6.45, 7) is 6.36. The smallest absolute Gasteiger partial charge is 0.159 e. The van der Waals surface area contributed by atoms with Crippen LogP contribution in [0.15, 0.2) is 61.3 Å². The molecular formula is C26H26ClFN8O. The van der Waals surface area contributed by atoms with Crippen LogP contribution >= 0.6 is 12.4 Å². The Kier molecular flexibility index (Phi) is 6.77. The minimum absolute atomic E-state index is 0. The maximum atomic E-state index is 15.8. The quantitative estimate of drug-likeness (QED) is 0.339. The van der Waals surface area contributed by atoms with Crippen LogP contribution in [0.1, 0.15) is 12.5 Å². The Morgan fingerprint density at radius 2 is 1.97 bits per heavy atom. The molecule has 11 heteroatoms. The van der Waals surface area contributed by atoms with Crippen LogP contribution in [0.2, 0.25) is 0 Å². The van der Waals surface area contributed by atoms with Crippen molar-refractivity contribution in [3.63, 3.8) is 0 Å². The number of pyridine rings is 1. The van der Waals surface area contributed by atoms with E-state index in [4.69, 9.17) is 4.74 Å². The summed E-state index contributed by atoms with van der Waals surface area (Å²) in [5, 5.41) is 11.1. The van der Waals surface area contributed by atoms with E-state index in [9.17, 15) is 0 Å². The Morgan fingerprint density at radius 1 is 1.08 bits per heavy atom. The molecule has 0 aliphatic carbocycles. The van der Waals surface area contributed by atoms with Gasteiger partial charge in [0.2, 0.25) is 0 Å². The molecule has 0 amide bonds. The summed E-state index contributed by atoms with van der Waals surface area (Å²) in [6.07, 6.45) is 4.74. The number of aromatic nitrogens is 5. The summed E-state index contributed by atoms with van der Waals surface area (Å²) in [6, 6.07) is 13.3. The number of hydrogen-bond donors (Lipinski definition) is 2. The minimum atomic E-state index is -0.315. The van der Waals surface area contributed by atoms with Gasteiger partial charge < -0.3 is 20.3 Å². The number of nitrogens with one attached hydrogen (secondary N) is 2. The van der Waals surface area contributed by atoms with E-state index in [-0.39, 0.29) is 18.2 Å². The molecule has 2 N–H and O–H groups in total. The van der Waals surface area contributed by atoms with Crippen LogP contribution in [-0.4, -0.2) is 50.2 Å². The fourth-order valence-electron chi connectivity index (χ4n) is 4.56. The van der Waals surface area contributed by atoms with Gasteiger partial charge in [-0.3, -0.25) is 0 Å². The lowest BCUT2D eigenvalue weighted by atomic mass is 10.1. The van der Waals surface area contributed by atoms with Gasteiger partial charge >= 0.3 is 0 Å². The molecule has 1 aliphatic heterocycles. The van der Waals surface area contributed by atoms with Crippen molar-refractivity contribution in [1.82, 2.24) is 29.9 Å². The lowest BCUT2D eigenvalue weighted by Gasteiger charge is -2.34. The molecule has 5 aromatic rings. The molecule has 0 saturated carbocycles. The van der Waals surface area contributed by atoms with Gasteiger partial charge in [0, 0.05) is 43.6 Å². The zero-order chi connectivity index (χ0) is 24.6. The Labute approximate surface area is 219 Å². The van der Waals surface area contributed by atoms with E-state index in [1.807, 2.05) is 43.3 Å². The van der Waals surface area contributed by atoms with Crippen molar-refractivity contribution in [3.05, 3.63) is 72.7 Å². The Hall–Kier alpha value is -4.02. The average molecular weight is 521 g/mol. The third kappa shape index (κ3) is 4.85.